The highest BCUT2D eigenvalue weighted by molar-refractivity contribution is 8.00. The van der Waals surface area contributed by atoms with Crippen molar-refractivity contribution in [2.75, 3.05) is 19.8 Å². The molecule has 4 heterocycles. The minimum absolute atomic E-state index is 0.0136. The fourth-order valence-electron chi connectivity index (χ4n) is 5.32. The number of thioether (sulfide) groups is 1. The lowest BCUT2D eigenvalue weighted by Crippen LogP contribution is -2.51. The van der Waals surface area contributed by atoms with Crippen LogP contribution in [0.1, 0.15) is 31.9 Å². The van der Waals surface area contributed by atoms with E-state index in [1.165, 1.54) is 18.2 Å². The van der Waals surface area contributed by atoms with Crippen LogP contribution in [0.3, 0.4) is 0 Å². The Hall–Kier alpha value is -0.810. The summed E-state index contributed by atoms with van der Waals surface area (Å²) in [7, 11) is 0. The van der Waals surface area contributed by atoms with E-state index in [2.05, 4.69) is 34.9 Å². The van der Waals surface area contributed by atoms with Crippen LogP contribution in [-0.2, 0) is 9.47 Å². The van der Waals surface area contributed by atoms with Crippen molar-refractivity contribution in [3.05, 3.63) is 35.4 Å². The molecule has 4 aliphatic rings. The Morgan fingerprint density at radius 2 is 2.00 bits per heavy atom. The number of rotatable bonds is 2. The highest BCUT2D eigenvalue weighted by atomic mass is 32.2. The molecule has 160 valence electrons. The van der Waals surface area contributed by atoms with E-state index in [4.69, 9.17) is 9.47 Å². The number of fused-ring (bicyclic) bond motifs is 5. The molecular weight excluding hydrogens is 398 g/mol. The van der Waals surface area contributed by atoms with E-state index in [1.54, 1.807) is 11.8 Å². The zero-order valence-electron chi connectivity index (χ0n) is 16.6. The fraction of sp³-hybridized carbons (Fsp3) is 0.700. The summed E-state index contributed by atoms with van der Waals surface area (Å²) in [5.74, 6) is -1.01. The number of hydrazine groups is 1. The quantitative estimate of drug-likeness (QED) is 0.670. The maximum Gasteiger partial charge on any atom is 0.130 e. The SMILES string of the molecule is CCC1NNC2[C@H](C)NC(c3c(F)cccc3F)C3C4COCCOC4SC3N12. The minimum atomic E-state index is -0.502. The molecule has 0 amide bonds. The van der Waals surface area contributed by atoms with Crippen molar-refractivity contribution in [1.29, 1.82) is 0 Å². The van der Waals surface area contributed by atoms with Crippen LogP contribution in [0.15, 0.2) is 18.2 Å². The molecule has 0 saturated carbocycles. The summed E-state index contributed by atoms with van der Waals surface area (Å²) in [5.41, 5.74) is 6.87. The molecule has 4 fully saturated rings. The Kier molecular flexibility index (Phi) is 5.57. The van der Waals surface area contributed by atoms with Crippen LogP contribution in [0.2, 0.25) is 0 Å². The molecule has 0 aliphatic carbocycles. The number of ether oxygens (including phenoxy) is 2. The van der Waals surface area contributed by atoms with Crippen molar-refractivity contribution in [3.63, 3.8) is 0 Å². The number of nitrogens with zero attached hydrogens (tertiary/aromatic N) is 1. The van der Waals surface area contributed by atoms with Gasteiger partial charge in [0.05, 0.1) is 37.5 Å². The first-order valence-corrected chi connectivity index (χ1v) is 11.4. The van der Waals surface area contributed by atoms with E-state index >= 15 is 0 Å². The van der Waals surface area contributed by atoms with Gasteiger partial charge in [-0.25, -0.2) is 19.6 Å². The zero-order valence-corrected chi connectivity index (χ0v) is 17.4. The average Bonchev–Trinajstić information content (AvgIpc) is 3.17. The molecule has 5 rings (SSSR count). The summed E-state index contributed by atoms with van der Waals surface area (Å²) < 4.78 is 41.7. The maximum absolute atomic E-state index is 14.9. The first kappa shape index (κ1) is 20.1. The maximum atomic E-state index is 14.9. The number of nitrogens with one attached hydrogen (secondary N) is 3. The van der Waals surface area contributed by atoms with Crippen LogP contribution in [-0.4, -0.2) is 53.9 Å². The van der Waals surface area contributed by atoms with E-state index in [9.17, 15) is 8.78 Å². The van der Waals surface area contributed by atoms with Gasteiger partial charge in [-0.2, -0.15) is 0 Å². The third-order valence-electron chi connectivity index (χ3n) is 6.64. The molecular formula is C20H28F2N4O2S. The molecule has 29 heavy (non-hydrogen) atoms. The second-order valence-electron chi connectivity index (χ2n) is 8.26. The van der Waals surface area contributed by atoms with Crippen molar-refractivity contribution >= 4 is 11.8 Å². The van der Waals surface area contributed by atoms with Crippen LogP contribution in [0.4, 0.5) is 8.78 Å². The largest absolute Gasteiger partial charge is 0.379 e. The van der Waals surface area contributed by atoms with Crippen molar-refractivity contribution in [3.8, 4) is 0 Å². The normalized spacial score (nSPS) is 42.6. The minimum Gasteiger partial charge on any atom is -0.379 e. The van der Waals surface area contributed by atoms with Gasteiger partial charge in [0.25, 0.3) is 0 Å². The highest BCUT2D eigenvalue weighted by Crippen LogP contribution is 2.54. The van der Waals surface area contributed by atoms with Crippen LogP contribution in [0.25, 0.3) is 0 Å². The average molecular weight is 427 g/mol. The zero-order chi connectivity index (χ0) is 20.1. The second kappa shape index (κ2) is 8.03. The number of hydrogen-bond donors (Lipinski definition) is 3. The van der Waals surface area contributed by atoms with E-state index in [-0.39, 0.29) is 46.6 Å². The first-order valence-electron chi connectivity index (χ1n) is 10.4. The van der Waals surface area contributed by atoms with Crippen LogP contribution in [0.5, 0.6) is 0 Å². The molecule has 1 aromatic rings. The summed E-state index contributed by atoms with van der Waals surface area (Å²) in [5, 5.41) is 3.62. The monoisotopic (exact) mass is 426 g/mol. The standard InChI is InChI=1S/C20H28F2N4O2S/c1-3-14-24-25-18-10(2)23-17(16-12(21)5-4-6-13(16)22)15-11-9-27-7-8-28-20(11)29-19(15)26(14)18/h4-6,10-11,14-15,17-20,23-25H,3,7-9H2,1-2H3/t10-,11?,14?,15?,17?,18?,19?,20?/m0/s1. The van der Waals surface area contributed by atoms with Gasteiger partial charge in [0.15, 0.2) is 0 Å². The Balaban J connectivity index is 1.61. The first-order chi connectivity index (χ1) is 14.1. The predicted molar refractivity (Wildman–Crippen MR) is 107 cm³/mol. The second-order valence-corrected chi connectivity index (χ2v) is 9.47. The van der Waals surface area contributed by atoms with E-state index in [0.717, 1.165) is 6.42 Å². The molecule has 6 nitrogen and oxygen atoms in total. The molecule has 9 heteroatoms. The van der Waals surface area contributed by atoms with Crippen LogP contribution in [0, 0.1) is 23.5 Å². The van der Waals surface area contributed by atoms with Gasteiger partial charge in [-0.1, -0.05) is 13.0 Å². The van der Waals surface area contributed by atoms with E-state index in [0.29, 0.717) is 19.8 Å². The molecule has 8 atom stereocenters. The van der Waals surface area contributed by atoms with Crippen molar-refractivity contribution < 1.29 is 18.3 Å². The van der Waals surface area contributed by atoms with Gasteiger partial charge in [-0.3, -0.25) is 4.90 Å². The van der Waals surface area contributed by atoms with Gasteiger partial charge in [0, 0.05) is 29.5 Å². The molecule has 0 aromatic heterocycles. The topological polar surface area (TPSA) is 57.8 Å². The predicted octanol–water partition coefficient (Wildman–Crippen LogP) is 2.15. The Labute approximate surface area is 174 Å². The van der Waals surface area contributed by atoms with Gasteiger partial charge < -0.3 is 14.8 Å². The van der Waals surface area contributed by atoms with Crippen molar-refractivity contribution in [2.24, 2.45) is 11.8 Å². The summed E-state index contributed by atoms with van der Waals surface area (Å²) >= 11 is 1.77. The Morgan fingerprint density at radius 3 is 2.76 bits per heavy atom. The number of benzene rings is 1. The summed E-state index contributed by atoms with van der Waals surface area (Å²) in [6.07, 6.45) is 1.09. The summed E-state index contributed by atoms with van der Waals surface area (Å²) in [6, 6.07) is 3.64. The van der Waals surface area contributed by atoms with E-state index < -0.39 is 17.7 Å². The third kappa shape index (κ3) is 3.31. The summed E-state index contributed by atoms with van der Waals surface area (Å²) in [4.78, 5) is 2.43. The molecule has 4 saturated heterocycles. The van der Waals surface area contributed by atoms with Gasteiger partial charge in [0.2, 0.25) is 0 Å². The molecule has 4 aliphatic heterocycles. The van der Waals surface area contributed by atoms with Gasteiger partial charge in [-0.15, -0.1) is 11.8 Å². The lowest BCUT2D eigenvalue weighted by Gasteiger charge is -2.36. The molecule has 0 radical (unpaired) electrons. The molecule has 0 bridgehead atoms. The number of halogens is 2. The molecule has 0 spiro atoms. The fourth-order valence-corrected chi connectivity index (χ4v) is 7.19. The lowest BCUT2D eigenvalue weighted by molar-refractivity contribution is 0.0566. The Morgan fingerprint density at radius 1 is 1.21 bits per heavy atom. The molecule has 3 N–H and O–H groups in total. The number of hydrogen-bond acceptors (Lipinski definition) is 7. The van der Waals surface area contributed by atoms with Crippen LogP contribution < -0.4 is 16.2 Å². The molecule has 7 unspecified atom stereocenters. The summed E-state index contributed by atoms with van der Waals surface area (Å²) in [6.45, 7) is 5.86. The van der Waals surface area contributed by atoms with Gasteiger partial charge in [0.1, 0.15) is 17.1 Å². The van der Waals surface area contributed by atoms with Gasteiger partial charge in [-0.05, 0) is 25.5 Å². The van der Waals surface area contributed by atoms with Crippen molar-refractivity contribution in [1.82, 2.24) is 21.1 Å². The van der Waals surface area contributed by atoms with Gasteiger partial charge >= 0.3 is 0 Å². The van der Waals surface area contributed by atoms with Crippen molar-refractivity contribution in [2.45, 2.75) is 55.5 Å². The Bertz CT molecular complexity index is 739. The highest BCUT2D eigenvalue weighted by Gasteiger charge is 2.58. The molecule has 1 aromatic carbocycles. The smallest absolute Gasteiger partial charge is 0.130 e. The van der Waals surface area contributed by atoms with Crippen LogP contribution >= 0.6 is 11.8 Å². The lowest BCUT2D eigenvalue weighted by atomic mass is 9.82. The third-order valence-corrected chi connectivity index (χ3v) is 8.23. The van der Waals surface area contributed by atoms with E-state index in [1.807, 2.05) is 0 Å².